The molecule has 2 heterocycles. The molecule has 0 spiro atoms. The van der Waals surface area contributed by atoms with Gasteiger partial charge in [-0.25, -0.2) is 4.98 Å². The van der Waals surface area contributed by atoms with Crippen molar-refractivity contribution in [1.82, 2.24) is 9.97 Å². The van der Waals surface area contributed by atoms with Crippen LogP contribution in [0.5, 0.6) is 11.6 Å². The Kier molecular flexibility index (Phi) is 2.87. The molecule has 0 atom stereocenters. The van der Waals surface area contributed by atoms with E-state index < -0.39 is 0 Å². The van der Waals surface area contributed by atoms with E-state index in [0.29, 0.717) is 28.1 Å². The summed E-state index contributed by atoms with van der Waals surface area (Å²) in [6.45, 7) is 0. The molecular weight excluding hydrogens is 302 g/mol. The number of halogens is 1. The zero-order chi connectivity index (χ0) is 15.1. The molecule has 2 aromatic carbocycles. The van der Waals surface area contributed by atoms with Crippen molar-refractivity contribution in [2.24, 2.45) is 0 Å². The number of ether oxygens (including phenoxy) is 1. The van der Waals surface area contributed by atoms with Gasteiger partial charge in [-0.3, -0.25) is 0 Å². The summed E-state index contributed by atoms with van der Waals surface area (Å²) in [5.41, 5.74) is 8.12. The molecule has 2 aromatic heterocycles. The first-order valence-corrected chi connectivity index (χ1v) is 6.97. The van der Waals surface area contributed by atoms with Gasteiger partial charge in [0.15, 0.2) is 0 Å². The minimum atomic E-state index is 0.0953. The second-order valence-corrected chi connectivity index (χ2v) is 5.09. The number of anilines is 1. The maximum absolute atomic E-state index is 6.01. The average Bonchev–Trinajstić information content (AvgIpc) is 2.86. The SMILES string of the molecule is Nc1cccc(Oc2nc(Cl)nc3c2oc2ccccc23)c1. The highest BCUT2D eigenvalue weighted by Gasteiger charge is 2.16. The third-order valence-corrected chi connectivity index (χ3v) is 3.40. The first kappa shape index (κ1) is 12.9. The molecule has 0 fully saturated rings. The van der Waals surface area contributed by atoms with Crippen molar-refractivity contribution >= 4 is 39.4 Å². The van der Waals surface area contributed by atoms with Crippen molar-refractivity contribution < 1.29 is 9.15 Å². The van der Waals surface area contributed by atoms with Crippen LogP contribution in [0, 0.1) is 0 Å². The number of nitrogens with zero attached hydrogens (tertiary/aromatic N) is 2. The van der Waals surface area contributed by atoms with E-state index in [2.05, 4.69) is 9.97 Å². The number of rotatable bonds is 2. The fourth-order valence-corrected chi connectivity index (χ4v) is 2.46. The Labute approximate surface area is 130 Å². The summed E-state index contributed by atoms with van der Waals surface area (Å²) in [7, 11) is 0. The van der Waals surface area contributed by atoms with Crippen LogP contribution in [-0.2, 0) is 0 Å². The van der Waals surface area contributed by atoms with Crippen molar-refractivity contribution in [3.8, 4) is 11.6 Å². The molecule has 0 radical (unpaired) electrons. The number of aromatic nitrogens is 2. The molecule has 0 saturated carbocycles. The molecule has 5 nitrogen and oxygen atoms in total. The van der Waals surface area contributed by atoms with E-state index in [4.69, 9.17) is 26.5 Å². The molecule has 0 aliphatic carbocycles. The lowest BCUT2D eigenvalue weighted by Crippen LogP contribution is -1.92. The van der Waals surface area contributed by atoms with Crippen LogP contribution in [0.4, 0.5) is 5.69 Å². The fourth-order valence-electron chi connectivity index (χ4n) is 2.30. The topological polar surface area (TPSA) is 74.2 Å². The van der Waals surface area contributed by atoms with Crippen molar-refractivity contribution in [3.05, 3.63) is 53.8 Å². The standard InChI is InChI=1S/C16H10ClN3O2/c17-16-19-13-11-6-1-2-7-12(11)22-14(13)15(20-16)21-10-5-3-4-9(18)8-10/h1-8H,18H2. The normalized spacial score (nSPS) is 11.1. The minimum Gasteiger partial charge on any atom is -0.449 e. The van der Waals surface area contributed by atoms with E-state index in [0.717, 1.165) is 5.39 Å². The Balaban J connectivity index is 1.93. The Bertz CT molecular complexity index is 997. The number of hydrogen-bond acceptors (Lipinski definition) is 5. The maximum Gasteiger partial charge on any atom is 0.268 e. The summed E-state index contributed by atoms with van der Waals surface area (Å²) in [6.07, 6.45) is 0. The third-order valence-electron chi connectivity index (χ3n) is 3.23. The van der Waals surface area contributed by atoms with Gasteiger partial charge >= 0.3 is 0 Å². The van der Waals surface area contributed by atoms with Crippen molar-refractivity contribution in [1.29, 1.82) is 0 Å². The van der Waals surface area contributed by atoms with Crippen LogP contribution in [0.25, 0.3) is 22.1 Å². The molecule has 0 aliphatic rings. The van der Waals surface area contributed by atoms with E-state index in [-0.39, 0.29) is 11.2 Å². The summed E-state index contributed by atoms with van der Waals surface area (Å²) < 4.78 is 11.6. The van der Waals surface area contributed by atoms with E-state index in [9.17, 15) is 0 Å². The Morgan fingerprint density at radius 1 is 1.05 bits per heavy atom. The Morgan fingerprint density at radius 3 is 2.77 bits per heavy atom. The number of hydrogen-bond donors (Lipinski definition) is 1. The Morgan fingerprint density at radius 2 is 1.91 bits per heavy atom. The highest BCUT2D eigenvalue weighted by atomic mass is 35.5. The van der Waals surface area contributed by atoms with Crippen LogP contribution in [-0.4, -0.2) is 9.97 Å². The summed E-state index contributed by atoms with van der Waals surface area (Å²) in [6, 6.07) is 14.6. The summed E-state index contributed by atoms with van der Waals surface area (Å²) in [5.74, 6) is 0.813. The molecule has 0 amide bonds. The van der Waals surface area contributed by atoms with Gasteiger partial charge in [0.05, 0.1) is 0 Å². The maximum atomic E-state index is 6.01. The van der Waals surface area contributed by atoms with Gasteiger partial charge in [-0.2, -0.15) is 4.98 Å². The number of furan rings is 1. The van der Waals surface area contributed by atoms with Crippen LogP contribution in [0.15, 0.2) is 52.9 Å². The van der Waals surface area contributed by atoms with E-state index in [1.807, 2.05) is 24.3 Å². The van der Waals surface area contributed by atoms with Gasteiger partial charge in [-0.15, -0.1) is 0 Å². The zero-order valence-electron chi connectivity index (χ0n) is 11.3. The number of nitrogen functional groups attached to an aromatic ring is 1. The second-order valence-electron chi connectivity index (χ2n) is 4.75. The van der Waals surface area contributed by atoms with Crippen LogP contribution >= 0.6 is 11.6 Å². The number of nitrogens with two attached hydrogens (primary N) is 1. The van der Waals surface area contributed by atoms with Crippen LogP contribution < -0.4 is 10.5 Å². The molecular formula is C16H10ClN3O2. The van der Waals surface area contributed by atoms with E-state index >= 15 is 0 Å². The molecule has 22 heavy (non-hydrogen) atoms. The number of fused-ring (bicyclic) bond motifs is 3. The fraction of sp³-hybridized carbons (Fsp3) is 0. The molecule has 2 N–H and O–H groups in total. The highest BCUT2D eigenvalue weighted by Crippen LogP contribution is 2.35. The van der Waals surface area contributed by atoms with E-state index in [1.54, 1.807) is 24.3 Å². The highest BCUT2D eigenvalue weighted by molar-refractivity contribution is 6.29. The lowest BCUT2D eigenvalue weighted by atomic mass is 10.2. The molecule has 108 valence electrons. The molecule has 0 unspecified atom stereocenters. The molecule has 4 aromatic rings. The quantitative estimate of drug-likeness (QED) is 0.438. The predicted molar refractivity (Wildman–Crippen MR) is 85.2 cm³/mol. The third kappa shape index (κ3) is 2.12. The first-order valence-electron chi connectivity index (χ1n) is 6.59. The number of para-hydroxylation sites is 1. The van der Waals surface area contributed by atoms with Gasteiger partial charge in [0, 0.05) is 17.1 Å². The molecule has 6 heteroatoms. The Hall–Kier alpha value is -2.79. The van der Waals surface area contributed by atoms with Gasteiger partial charge in [0.1, 0.15) is 16.8 Å². The largest absolute Gasteiger partial charge is 0.449 e. The van der Waals surface area contributed by atoms with Crippen molar-refractivity contribution in [3.63, 3.8) is 0 Å². The predicted octanol–water partition coefficient (Wildman–Crippen LogP) is 4.40. The van der Waals surface area contributed by atoms with Crippen molar-refractivity contribution in [2.75, 3.05) is 5.73 Å². The van der Waals surface area contributed by atoms with Crippen LogP contribution in [0.1, 0.15) is 0 Å². The summed E-state index contributed by atoms with van der Waals surface area (Å²) in [4.78, 5) is 8.36. The zero-order valence-corrected chi connectivity index (χ0v) is 12.0. The lowest BCUT2D eigenvalue weighted by molar-refractivity contribution is 0.456. The second kappa shape index (κ2) is 4.89. The first-order chi connectivity index (χ1) is 10.7. The number of benzene rings is 2. The van der Waals surface area contributed by atoms with Crippen molar-refractivity contribution in [2.45, 2.75) is 0 Å². The van der Waals surface area contributed by atoms with Gasteiger partial charge < -0.3 is 14.9 Å². The lowest BCUT2D eigenvalue weighted by Gasteiger charge is -2.05. The molecule has 0 bridgehead atoms. The monoisotopic (exact) mass is 311 g/mol. The van der Waals surface area contributed by atoms with Gasteiger partial charge in [-0.05, 0) is 35.9 Å². The van der Waals surface area contributed by atoms with Crippen LogP contribution in [0.2, 0.25) is 5.28 Å². The summed E-state index contributed by atoms with van der Waals surface area (Å²) in [5, 5.41) is 0.956. The van der Waals surface area contributed by atoms with E-state index in [1.165, 1.54) is 0 Å². The molecule has 0 aliphatic heterocycles. The average molecular weight is 312 g/mol. The molecule has 0 saturated heterocycles. The summed E-state index contributed by atoms with van der Waals surface area (Å²) >= 11 is 6.01. The van der Waals surface area contributed by atoms with Crippen LogP contribution in [0.3, 0.4) is 0 Å². The molecule has 4 rings (SSSR count). The smallest absolute Gasteiger partial charge is 0.268 e. The van der Waals surface area contributed by atoms with Gasteiger partial charge in [0.2, 0.25) is 10.9 Å². The van der Waals surface area contributed by atoms with Gasteiger partial charge in [-0.1, -0.05) is 18.2 Å². The minimum absolute atomic E-state index is 0.0953. The van der Waals surface area contributed by atoms with Gasteiger partial charge in [0.25, 0.3) is 5.88 Å².